The van der Waals surface area contributed by atoms with E-state index in [9.17, 15) is 0 Å². The Balaban J connectivity index is 3.00. The molecule has 0 aromatic heterocycles. The normalized spacial score (nSPS) is 13.7. The molecule has 0 bridgehead atoms. The fourth-order valence-electron chi connectivity index (χ4n) is 2.96. The number of hydrogen-bond donors (Lipinski definition) is 0. The first-order valence-electron chi connectivity index (χ1n) is 9.05. The van der Waals surface area contributed by atoms with Crippen LogP contribution in [0.25, 0.3) is 0 Å². The summed E-state index contributed by atoms with van der Waals surface area (Å²) >= 11 is 0. The molecule has 1 aromatic rings. The van der Waals surface area contributed by atoms with Gasteiger partial charge < -0.3 is 0 Å². The Morgan fingerprint density at radius 3 is 1.77 bits per heavy atom. The zero-order valence-electron chi connectivity index (χ0n) is 16.5. The molecule has 2 heteroatoms. The molecular formula is C20H38Si2. The molecular weight excluding hydrogens is 296 g/mol. The molecule has 1 rings (SSSR count). The first-order chi connectivity index (χ1) is 9.94. The van der Waals surface area contributed by atoms with E-state index in [0.29, 0.717) is 5.04 Å². The molecule has 0 spiro atoms. The van der Waals surface area contributed by atoms with E-state index < -0.39 is 16.1 Å². The quantitative estimate of drug-likeness (QED) is 0.557. The summed E-state index contributed by atoms with van der Waals surface area (Å²) in [6, 6.07) is 11.3. The fourth-order valence-corrected chi connectivity index (χ4v) is 8.29. The molecule has 0 aliphatic carbocycles. The fraction of sp³-hybridized carbons (Fsp3) is 0.700. The Morgan fingerprint density at radius 1 is 0.909 bits per heavy atom. The molecule has 22 heavy (non-hydrogen) atoms. The predicted molar refractivity (Wildman–Crippen MR) is 109 cm³/mol. The number of benzene rings is 1. The molecule has 0 saturated carbocycles. The molecule has 0 nitrogen and oxygen atoms in total. The molecule has 0 saturated heterocycles. The van der Waals surface area contributed by atoms with Gasteiger partial charge in [-0.15, -0.1) is 0 Å². The van der Waals surface area contributed by atoms with E-state index in [0.717, 1.165) is 5.92 Å². The lowest BCUT2D eigenvalue weighted by molar-refractivity contribution is 0.621. The predicted octanol–water partition coefficient (Wildman–Crippen LogP) is 5.75. The van der Waals surface area contributed by atoms with E-state index in [1.54, 1.807) is 10.4 Å². The van der Waals surface area contributed by atoms with Crippen LogP contribution in [0.4, 0.5) is 0 Å². The van der Waals surface area contributed by atoms with Gasteiger partial charge in [0.1, 0.15) is 0 Å². The van der Waals surface area contributed by atoms with Gasteiger partial charge >= 0.3 is 0 Å². The van der Waals surface area contributed by atoms with Crippen LogP contribution >= 0.6 is 0 Å². The minimum atomic E-state index is -1.41. The summed E-state index contributed by atoms with van der Waals surface area (Å²) in [5, 5.41) is 3.71. The van der Waals surface area contributed by atoms with Crippen molar-refractivity contribution in [1.82, 2.24) is 0 Å². The second kappa shape index (κ2) is 7.04. The van der Waals surface area contributed by atoms with Crippen molar-refractivity contribution in [2.24, 2.45) is 5.92 Å². The van der Waals surface area contributed by atoms with Gasteiger partial charge in [-0.05, 0) is 11.0 Å². The van der Waals surface area contributed by atoms with Crippen LogP contribution in [0.5, 0.6) is 0 Å². The van der Waals surface area contributed by atoms with Gasteiger partial charge in [0.2, 0.25) is 0 Å². The van der Waals surface area contributed by atoms with Crippen molar-refractivity contribution in [1.29, 1.82) is 0 Å². The summed E-state index contributed by atoms with van der Waals surface area (Å²) in [5.74, 6) is 0.822. The van der Waals surface area contributed by atoms with Crippen LogP contribution in [-0.2, 0) is 0 Å². The smallest absolute Gasteiger partial charge is 0.0654 e. The lowest BCUT2D eigenvalue weighted by Gasteiger charge is -2.40. The van der Waals surface area contributed by atoms with Crippen LogP contribution in [0.15, 0.2) is 24.3 Å². The van der Waals surface area contributed by atoms with Gasteiger partial charge in [0.25, 0.3) is 0 Å². The highest BCUT2D eigenvalue weighted by Gasteiger charge is 2.39. The van der Waals surface area contributed by atoms with Crippen molar-refractivity contribution in [3.8, 4) is 0 Å². The molecule has 126 valence electrons. The molecule has 0 radical (unpaired) electrons. The third kappa shape index (κ3) is 4.35. The van der Waals surface area contributed by atoms with Crippen molar-refractivity contribution < 1.29 is 0 Å². The Kier molecular flexibility index (Phi) is 6.31. The van der Waals surface area contributed by atoms with Crippen LogP contribution in [0, 0.1) is 5.92 Å². The van der Waals surface area contributed by atoms with E-state index >= 15 is 0 Å². The van der Waals surface area contributed by atoms with Crippen LogP contribution in [0.3, 0.4) is 0 Å². The van der Waals surface area contributed by atoms with Crippen molar-refractivity contribution in [3.05, 3.63) is 24.3 Å². The average Bonchev–Trinajstić information content (AvgIpc) is 2.45. The molecule has 0 N–H and O–H groups in total. The molecule has 0 fully saturated rings. The van der Waals surface area contributed by atoms with Crippen molar-refractivity contribution in [2.75, 3.05) is 0 Å². The van der Waals surface area contributed by atoms with E-state index in [1.807, 2.05) is 0 Å². The molecule has 0 unspecified atom stereocenters. The number of hydrogen-bond acceptors (Lipinski definition) is 0. The standard InChI is InChI=1S/C20H38Si2/c1-10-20(4,5)22(8,9)19-13-11-18(12-14-19)21(6,7)16-15-17(2)3/h11-14,17H,10,15-16H2,1-9H3. The minimum Gasteiger partial charge on any atom is -0.0654 e. The lowest BCUT2D eigenvalue weighted by Crippen LogP contribution is -2.51. The SMILES string of the molecule is CCC(C)(C)[Si](C)(C)c1ccc([Si](C)(C)CCC(C)C)cc1. The summed E-state index contributed by atoms with van der Waals surface area (Å²) in [5.41, 5.74) is 0. The van der Waals surface area contributed by atoms with Crippen LogP contribution < -0.4 is 10.4 Å². The molecule has 1 aromatic carbocycles. The summed E-state index contributed by atoms with van der Waals surface area (Å²) in [6.45, 7) is 22.1. The maximum Gasteiger partial charge on any atom is 0.0861 e. The monoisotopic (exact) mass is 334 g/mol. The van der Waals surface area contributed by atoms with Crippen LogP contribution in [0.1, 0.15) is 47.5 Å². The minimum absolute atomic E-state index is 0.457. The van der Waals surface area contributed by atoms with Gasteiger partial charge in [-0.1, -0.05) is 114 Å². The van der Waals surface area contributed by atoms with E-state index in [-0.39, 0.29) is 0 Å². The summed E-state index contributed by atoms with van der Waals surface area (Å²) in [4.78, 5) is 0. The largest absolute Gasteiger partial charge is 0.0861 e. The zero-order valence-corrected chi connectivity index (χ0v) is 18.5. The highest BCUT2D eigenvalue weighted by molar-refractivity contribution is 6.92. The molecule has 0 atom stereocenters. The van der Waals surface area contributed by atoms with Gasteiger partial charge in [-0.3, -0.25) is 0 Å². The molecule has 0 amide bonds. The van der Waals surface area contributed by atoms with E-state index in [1.165, 1.54) is 18.9 Å². The van der Waals surface area contributed by atoms with Crippen molar-refractivity contribution in [2.45, 2.75) is 84.7 Å². The van der Waals surface area contributed by atoms with Crippen molar-refractivity contribution in [3.63, 3.8) is 0 Å². The zero-order chi connectivity index (χ0) is 17.2. The van der Waals surface area contributed by atoms with E-state index in [4.69, 9.17) is 0 Å². The lowest BCUT2D eigenvalue weighted by atomic mass is 10.1. The van der Waals surface area contributed by atoms with Gasteiger partial charge in [-0.2, -0.15) is 0 Å². The highest BCUT2D eigenvalue weighted by Crippen LogP contribution is 2.39. The van der Waals surface area contributed by atoms with Gasteiger partial charge in [0.15, 0.2) is 0 Å². The summed E-state index contributed by atoms with van der Waals surface area (Å²) in [7, 11) is -2.67. The first-order valence-corrected chi connectivity index (χ1v) is 15.3. The topological polar surface area (TPSA) is 0 Å². The van der Waals surface area contributed by atoms with Gasteiger partial charge in [0, 0.05) is 0 Å². The first kappa shape index (κ1) is 19.7. The summed E-state index contributed by atoms with van der Waals surface area (Å²) in [6.07, 6.45) is 2.63. The Hall–Kier alpha value is -0.346. The number of rotatable bonds is 7. The third-order valence-electron chi connectivity index (χ3n) is 6.31. The maximum absolute atomic E-state index is 2.53. The molecule has 0 aliphatic rings. The van der Waals surface area contributed by atoms with E-state index in [2.05, 4.69) is 85.1 Å². The van der Waals surface area contributed by atoms with Crippen molar-refractivity contribution >= 4 is 26.5 Å². The maximum atomic E-state index is 2.53. The Morgan fingerprint density at radius 2 is 1.36 bits per heavy atom. The molecule has 0 aliphatic heterocycles. The average molecular weight is 335 g/mol. The van der Waals surface area contributed by atoms with Gasteiger partial charge in [0.05, 0.1) is 16.1 Å². The van der Waals surface area contributed by atoms with Crippen LogP contribution in [-0.4, -0.2) is 16.1 Å². The second-order valence-corrected chi connectivity index (χ2v) is 19.3. The van der Waals surface area contributed by atoms with Gasteiger partial charge in [-0.25, -0.2) is 0 Å². The Bertz CT molecular complexity index is 467. The molecule has 0 heterocycles. The van der Waals surface area contributed by atoms with Crippen LogP contribution in [0.2, 0.25) is 37.3 Å². The Labute approximate surface area is 141 Å². The summed E-state index contributed by atoms with van der Waals surface area (Å²) < 4.78 is 0. The highest BCUT2D eigenvalue weighted by atomic mass is 28.3. The second-order valence-electron chi connectivity index (χ2n) is 9.26. The third-order valence-corrected chi connectivity index (χ3v) is 15.3.